The lowest BCUT2D eigenvalue weighted by atomic mass is 10.0. The van der Waals surface area contributed by atoms with Gasteiger partial charge in [-0.05, 0) is 37.3 Å². The van der Waals surface area contributed by atoms with E-state index in [9.17, 15) is 9.59 Å². The number of carbonyl (C=O) groups is 3. The van der Waals surface area contributed by atoms with E-state index in [-0.39, 0.29) is 24.8 Å². The summed E-state index contributed by atoms with van der Waals surface area (Å²) in [5.41, 5.74) is 0.442. The maximum absolute atomic E-state index is 12.5. The summed E-state index contributed by atoms with van der Waals surface area (Å²) in [5.74, 6) is 0.328. The van der Waals surface area contributed by atoms with Gasteiger partial charge in [0, 0.05) is 24.6 Å². The van der Waals surface area contributed by atoms with Crippen LogP contribution in [0.1, 0.15) is 19.8 Å². The van der Waals surface area contributed by atoms with Crippen molar-refractivity contribution in [3.63, 3.8) is 0 Å². The number of fused-ring (bicyclic) bond motifs is 1. The fourth-order valence-corrected chi connectivity index (χ4v) is 2.91. The minimum atomic E-state index is -1.21. The topological polar surface area (TPSA) is 145 Å². The third-order valence-electron chi connectivity index (χ3n) is 4.48. The van der Waals surface area contributed by atoms with E-state index in [1.54, 1.807) is 30.8 Å². The molecule has 0 saturated carbocycles. The molecule has 30 heavy (non-hydrogen) atoms. The number of benzene rings is 1. The summed E-state index contributed by atoms with van der Waals surface area (Å²) >= 11 is 0. The van der Waals surface area contributed by atoms with Gasteiger partial charge in [-0.2, -0.15) is 9.50 Å². The first-order valence-corrected chi connectivity index (χ1v) is 8.87. The number of aromatic nitrogens is 4. The molecule has 4 rings (SSSR count). The second kappa shape index (κ2) is 8.55. The first kappa shape index (κ1) is 20.7. The maximum atomic E-state index is 12.5. The van der Waals surface area contributed by atoms with Crippen molar-refractivity contribution in [1.29, 1.82) is 0 Å². The average Bonchev–Trinajstić information content (AvgIpc) is 3.31. The van der Waals surface area contributed by atoms with E-state index in [0.717, 1.165) is 17.0 Å². The molecule has 0 aliphatic carbocycles. The van der Waals surface area contributed by atoms with E-state index in [1.807, 2.05) is 24.3 Å². The number of esters is 1. The molecule has 1 unspecified atom stereocenters. The van der Waals surface area contributed by atoms with Gasteiger partial charge in [0.05, 0.1) is 12.8 Å². The molecule has 2 N–H and O–H groups in total. The van der Waals surface area contributed by atoms with Gasteiger partial charge in [-0.1, -0.05) is 0 Å². The van der Waals surface area contributed by atoms with E-state index < -0.39 is 11.5 Å². The van der Waals surface area contributed by atoms with Crippen LogP contribution in [-0.4, -0.2) is 55.7 Å². The molecule has 156 valence electrons. The molecule has 1 saturated heterocycles. The summed E-state index contributed by atoms with van der Waals surface area (Å²) in [5, 5.41) is 13.8. The van der Waals surface area contributed by atoms with Crippen molar-refractivity contribution >= 4 is 30.1 Å². The Morgan fingerprint density at radius 3 is 2.63 bits per heavy atom. The fourth-order valence-electron chi connectivity index (χ4n) is 2.91. The highest BCUT2D eigenvalue weighted by Gasteiger charge is 2.43. The van der Waals surface area contributed by atoms with E-state index in [4.69, 9.17) is 19.4 Å². The monoisotopic (exact) mass is 413 g/mol. The Labute approximate surface area is 170 Å². The van der Waals surface area contributed by atoms with E-state index in [1.165, 1.54) is 0 Å². The number of anilines is 1. The highest BCUT2D eigenvalue weighted by atomic mass is 16.6. The van der Waals surface area contributed by atoms with Crippen LogP contribution in [-0.2, 0) is 19.1 Å². The summed E-state index contributed by atoms with van der Waals surface area (Å²) in [6.45, 7) is 1.32. The zero-order valence-electron chi connectivity index (χ0n) is 16.2. The Balaban J connectivity index is 0.000000806. The molecule has 11 heteroatoms. The fraction of sp³-hybridized carbons (Fsp3) is 0.263. The molecule has 11 nitrogen and oxygen atoms in total. The molecule has 1 aromatic carbocycles. The van der Waals surface area contributed by atoms with Crippen LogP contribution in [0, 0.1) is 0 Å². The van der Waals surface area contributed by atoms with Gasteiger partial charge < -0.3 is 14.6 Å². The normalized spacial score (nSPS) is 17.6. The quantitative estimate of drug-likeness (QED) is 0.480. The van der Waals surface area contributed by atoms with Crippen LogP contribution in [0.25, 0.3) is 17.0 Å². The third kappa shape index (κ3) is 4.19. The Bertz CT molecular complexity index is 1080. The van der Waals surface area contributed by atoms with Crippen molar-refractivity contribution in [2.75, 3.05) is 12.4 Å². The highest BCUT2D eigenvalue weighted by Crippen LogP contribution is 2.27. The summed E-state index contributed by atoms with van der Waals surface area (Å²) in [7, 11) is 1.61. The standard InChI is InChI=1S/C18H17N5O4.CH2O2/c1-18(9-7-14(24)27-18)15(25)20-16-21-17-19-10-8-13(23(17)22-16)11-3-5-12(26-2)6-4-11;2-1-3/h3-6,8,10H,7,9H2,1-2H3,(H,20,22,25);1H,(H,2,3). The third-order valence-corrected chi connectivity index (χ3v) is 4.48. The lowest BCUT2D eigenvalue weighted by Crippen LogP contribution is -2.40. The Hall–Kier alpha value is -4.02. The number of nitrogens with one attached hydrogen (secondary N) is 1. The number of carboxylic acid groups (broad SMARTS) is 1. The first-order chi connectivity index (χ1) is 14.4. The lowest BCUT2D eigenvalue weighted by molar-refractivity contribution is -0.154. The minimum absolute atomic E-state index is 0.0950. The van der Waals surface area contributed by atoms with Crippen LogP contribution >= 0.6 is 0 Å². The molecule has 1 fully saturated rings. The number of amides is 1. The molecule has 3 aromatic rings. The highest BCUT2D eigenvalue weighted by molar-refractivity contribution is 5.98. The summed E-state index contributed by atoms with van der Waals surface area (Å²) in [6.07, 6.45) is 2.15. The largest absolute Gasteiger partial charge is 0.497 e. The zero-order valence-corrected chi connectivity index (χ0v) is 16.2. The van der Waals surface area contributed by atoms with Crippen molar-refractivity contribution in [2.45, 2.75) is 25.4 Å². The van der Waals surface area contributed by atoms with Crippen molar-refractivity contribution in [2.24, 2.45) is 0 Å². The summed E-state index contributed by atoms with van der Waals surface area (Å²) < 4.78 is 11.8. The molecule has 3 heterocycles. The van der Waals surface area contributed by atoms with Gasteiger partial charge in [0.15, 0.2) is 5.60 Å². The number of rotatable bonds is 4. The predicted molar refractivity (Wildman–Crippen MR) is 104 cm³/mol. The van der Waals surface area contributed by atoms with Gasteiger partial charge in [-0.3, -0.25) is 19.7 Å². The van der Waals surface area contributed by atoms with E-state index in [2.05, 4.69) is 20.4 Å². The van der Waals surface area contributed by atoms with Gasteiger partial charge in [0.2, 0.25) is 0 Å². The number of hydrogen-bond acceptors (Lipinski definition) is 8. The predicted octanol–water partition coefficient (Wildman–Crippen LogP) is 1.53. The molecule has 0 bridgehead atoms. The van der Waals surface area contributed by atoms with Crippen molar-refractivity contribution in [1.82, 2.24) is 19.6 Å². The van der Waals surface area contributed by atoms with Crippen LogP contribution in [0.15, 0.2) is 36.5 Å². The molecular formula is C19H19N5O6. The Morgan fingerprint density at radius 2 is 2.03 bits per heavy atom. The number of carbonyl (C=O) groups excluding carboxylic acids is 2. The van der Waals surface area contributed by atoms with Crippen molar-refractivity contribution in [3.05, 3.63) is 36.5 Å². The van der Waals surface area contributed by atoms with Crippen molar-refractivity contribution in [3.8, 4) is 17.0 Å². The van der Waals surface area contributed by atoms with E-state index in [0.29, 0.717) is 12.2 Å². The smallest absolute Gasteiger partial charge is 0.307 e. The second-order valence-corrected chi connectivity index (χ2v) is 6.47. The van der Waals surface area contributed by atoms with Crippen LogP contribution in [0.3, 0.4) is 0 Å². The molecular weight excluding hydrogens is 394 g/mol. The molecule has 0 spiro atoms. The number of methoxy groups -OCH3 is 1. The molecule has 2 aromatic heterocycles. The van der Waals surface area contributed by atoms with Crippen LogP contribution in [0.2, 0.25) is 0 Å². The molecule has 0 radical (unpaired) electrons. The van der Waals surface area contributed by atoms with Gasteiger partial charge in [-0.25, -0.2) is 4.98 Å². The van der Waals surface area contributed by atoms with Crippen LogP contribution in [0.5, 0.6) is 5.75 Å². The van der Waals surface area contributed by atoms with Crippen LogP contribution in [0.4, 0.5) is 5.95 Å². The van der Waals surface area contributed by atoms with Gasteiger partial charge in [0.1, 0.15) is 5.75 Å². The summed E-state index contributed by atoms with van der Waals surface area (Å²) in [4.78, 5) is 40.6. The molecule has 1 aliphatic heterocycles. The molecule has 1 amide bonds. The van der Waals surface area contributed by atoms with Gasteiger partial charge in [0.25, 0.3) is 24.1 Å². The lowest BCUT2D eigenvalue weighted by Gasteiger charge is -2.19. The SMILES string of the molecule is COc1ccc(-c2ccnc3nc(NC(=O)C4(C)CCC(=O)O4)nn23)cc1.O=CO. The molecule has 1 aliphatic rings. The van der Waals surface area contributed by atoms with Gasteiger partial charge >= 0.3 is 5.97 Å². The molecule has 1 atom stereocenters. The van der Waals surface area contributed by atoms with E-state index >= 15 is 0 Å². The maximum Gasteiger partial charge on any atom is 0.307 e. The average molecular weight is 413 g/mol. The Morgan fingerprint density at radius 1 is 1.33 bits per heavy atom. The number of cyclic esters (lactones) is 1. The Kier molecular flexibility index (Phi) is 5.90. The zero-order chi connectivity index (χ0) is 21.7. The number of hydrogen-bond donors (Lipinski definition) is 2. The van der Waals surface area contributed by atoms with Crippen LogP contribution < -0.4 is 10.1 Å². The summed E-state index contributed by atoms with van der Waals surface area (Å²) in [6, 6.07) is 9.28. The second-order valence-electron chi connectivity index (χ2n) is 6.47. The first-order valence-electron chi connectivity index (χ1n) is 8.87. The number of ether oxygens (including phenoxy) is 2. The minimum Gasteiger partial charge on any atom is -0.497 e. The van der Waals surface area contributed by atoms with Gasteiger partial charge in [-0.15, -0.1) is 5.10 Å². The number of nitrogens with zero attached hydrogens (tertiary/aromatic N) is 4. The van der Waals surface area contributed by atoms with Crippen molar-refractivity contribution < 1.29 is 29.0 Å².